The average Bonchev–Trinajstić information content (AvgIpc) is 2.51. The number of hydrogen-bond donors (Lipinski definition) is 1. The van der Waals surface area contributed by atoms with Crippen molar-refractivity contribution in [2.24, 2.45) is 5.92 Å². The van der Waals surface area contributed by atoms with Gasteiger partial charge in [-0.3, -0.25) is 4.79 Å². The molecule has 0 unspecified atom stereocenters. The van der Waals surface area contributed by atoms with E-state index < -0.39 is 24.0 Å². The van der Waals surface area contributed by atoms with E-state index in [-0.39, 0.29) is 11.5 Å². The third kappa shape index (κ3) is 5.02. The molecule has 1 aromatic carbocycles. The zero-order valence-corrected chi connectivity index (χ0v) is 13.8. The van der Waals surface area contributed by atoms with Crippen LogP contribution in [-0.4, -0.2) is 11.1 Å². The molecule has 128 valence electrons. The van der Waals surface area contributed by atoms with Crippen molar-refractivity contribution in [1.82, 2.24) is 0 Å². The lowest BCUT2D eigenvalue weighted by Gasteiger charge is -2.29. The molecule has 0 spiro atoms. The zero-order chi connectivity index (χ0) is 16.8. The predicted octanol–water partition coefficient (Wildman–Crippen LogP) is 5.45. The highest BCUT2D eigenvalue weighted by Crippen LogP contribution is 2.38. The Morgan fingerprint density at radius 1 is 1.13 bits per heavy atom. The second-order valence-electron chi connectivity index (χ2n) is 6.75. The molecule has 1 aromatic rings. The first-order chi connectivity index (χ1) is 11.0. The molecule has 0 bridgehead atoms. The van der Waals surface area contributed by atoms with Crippen LogP contribution in [0.15, 0.2) is 12.1 Å². The molecule has 2 rings (SSSR count). The number of benzene rings is 1. The van der Waals surface area contributed by atoms with E-state index in [1.54, 1.807) is 0 Å². The van der Waals surface area contributed by atoms with Crippen molar-refractivity contribution in [3.8, 4) is 0 Å². The molecule has 0 saturated heterocycles. The maximum Gasteiger partial charge on any atom is 0.308 e. The molecule has 1 aliphatic carbocycles. The molecule has 23 heavy (non-hydrogen) atoms. The van der Waals surface area contributed by atoms with Crippen molar-refractivity contribution in [3.63, 3.8) is 0 Å². The van der Waals surface area contributed by atoms with Gasteiger partial charge in [-0.25, -0.2) is 8.78 Å². The SMILES string of the molecule is CCCCC[C@H]1CC[C@H](c2cc(F)c(CC(=O)O)c(F)c2)CC1. The third-order valence-corrected chi connectivity index (χ3v) is 5.03. The summed E-state index contributed by atoms with van der Waals surface area (Å²) in [6.07, 6.45) is 8.62. The van der Waals surface area contributed by atoms with Gasteiger partial charge in [0.1, 0.15) is 11.6 Å². The van der Waals surface area contributed by atoms with Crippen LogP contribution in [0.25, 0.3) is 0 Å². The molecular formula is C19H26F2O2. The monoisotopic (exact) mass is 324 g/mol. The molecule has 4 heteroatoms. The van der Waals surface area contributed by atoms with Crippen LogP contribution in [0.3, 0.4) is 0 Å². The molecule has 0 radical (unpaired) electrons. The maximum atomic E-state index is 14.0. The second-order valence-corrected chi connectivity index (χ2v) is 6.75. The summed E-state index contributed by atoms with van der Waals surface area (Å²) in [6.45, 7) is 2.20. The molecule has 0 aromatic heterocycles. The number of hydrogen-bond acceptors (Lipinski definition) is 1. The van der Waals surface area contributed by atoms with E-state index in [1.165, 1.54) is 37.8 Å². The van der Waals surface area contributed by atoms with Gasteiger partial charge in [-0.15, -0.1) is 0 Å². The normalized spacial score (nSPS) is 21.3. The minimum atomic E-state index is -1.22. The summed E-state index contributed by atoms with van der Waals surface area (Å²) in [5.74, 6) is -1.73. The van der Waals surface area contributed by atoms with Gasteiger partial charge in [0.25, 0.3) is 0 Å². The number of unbranched alkanes of at least 4 members (excludes halogenated alkanes) is 2. The molecule has 0 heterocycles. The van der Waals surface area contributed by atoms with Crippen molar-refractivity contribution < 1.29 is 18.7 Å². The molecule has 1 fully saturated rings. The van der Waals surface area contributed by atoms with Crippen LogP contribution in [0.1, 0.15) is 75.3 Å². The van der Waals surface area contributed by atoms with Crippen LogP contribution >= 0.6 is 0 Å². The largest absolute Gasteiger partial charge is 0.481 e. The van der Waals surface area contributed by atoms with Gasteiger partial charge < -0.3 is 5.11 Å². The minimum Gasteiger partial charge on any atom is -0.481 e. The molecular weight excluding hydrogens is 298 g/mol. The Labute approximate surface area is 136 Å². The number of carboxylic acids is 1. The average molecular weight is 324 g/mol. The predicted molar refractivity (Wildman–Crippen MR) is 86.5 cm³/mol. The van der Waals surface area contributed by atoms with Crippen LogP contribution in [0.5, 0.6) is 0 Å². The van der Waals surface area contributed by atoms with Crippen LogP contribution in [0, 0.1) is 17.6 Å². The number of carbonyl (C=O) groups is 1. The van der Waals surface area contributed by atoms with Gasteiger partial charge in [0.15, 0.2) is 0 Å². The van der Waals surface area contributed by atoms with E-state index in [2.05, 4.69) is 6.92 Å². The van der Waals surface area contributed by atoms with Crippen molar-refractivity contribution >= 4 is 5.97 Å². The van der Waals surface area contributed by atoms with Gasteiger partial charge in [-0.2, -0.15) is 0 Å². The van der Waals surface area contributed by atoms with E-state index >= 15 is 0 Å². The highest BCUT2D eigenvalue weighted by molar-refractivity contribution is 5.70. The second kappa shape index (κ2) is 8.42. The summed E-state index contributed by atoms with van der Waals surface area (Å²) >= 11 is 0. The smallest absolute Gasteiger partial charge is 0.308 e. The highest BCUT2D eigenvalue weighted by Gasteiger charge is 2.24. The summed E-state index contributed by atoms with van der Waals surface area (Å²) in [7, 11) is 0. The Kier molecular flexibility index (Phi) is 6.55. The molecule has 2 nitrogen and oxygen atoms in total. The summed E-state index contributed by atoms with van der Waals surface area (Å²) in [4.78, 5) is 10.7. The maximum absolute atomic E-state index is 14.0. The van der Waals surface area contributed by atoms with E-state index in [0.29, 0.717) is 5.56 Å². The van der Waals surface area contributed by atoms with Crippen LogP contribution < -0.4 is 0 Å². The fourth-order valence-electron chi connectivity index (χ4n) is 3.65. The van der Waals surface area contributed by atoms with E-state index in [0.717, 1.165) is 31.6 Å². The molecule has 1 saturated carbocycles. The first-order valence-electron chi connectivity index (χ1n) is 8.70. The van der Waals surface area contributed by atoms with E-state index in [4.69, 9.17) is 5.11 Å². The first kappa shape index (κ1) is 17.9. The van der Waals surface area contributed by atoms with Crippen molar-refractivity contribution in [2.45, 2.75) is 70.6 Å². The van der Waals surface area contributed by atoms with Gasteiger partial charge in [-0.1, -0.05) is 32.6 Å². The Morgan fingerprint density at radius 2 is 1.74 bits per heavy atom. The lowest BCUT2D eigenvalue weighted by molar-refractivity contribution is -0.136. The number of rotatable bonds is 7. The number of halogens is 2. The molecule has 1 aliphatic rings. The first-order valence-corrected chi connectivity index (χ1v) is 8.70. The van der Waals surface area contributed by atoms with Gasteiger partial charge in [0.05, 0.1) is 6.42 Å². The highest BCUT2D eigenvalue weighted by atomic mass is 19.1. The molecule has 0 aliphatic heterocycles. The van der Waals surface area contributed by atoms with Gasteiger partial charge in [0.2, 0.25) is 0 Å². The van der Waals surface area contributed by atoms with Crippen LogP contribution in [0.4, 0.5) is 8.78 Å². The number of carboxylic acid groups (broad SMARTS) is 1. The van der Waals surface area contributed by atoms with Gasteiger partial charge in [-0.05, 0) is 55.2 Å². The minimum absolute atomic E-state index is 0.195. The molecule has 1 N–H and O–H groups in total. The third-order valence-electron chi connectivity index (χ3n) is 5.03. The van der Waals surface area contributed by atoms with Crippen LogP contribution in [-0.2, 0) is 11.2 Å². The topological polar surface area (TPSA) is 37.3 Å². The summed E-state index contributed by atoms with van der Waals surface area (Å²) in [5, 5.41) is 8.72. The van der Waals surface area contributed by atoms with E-state index in [1.807, 2.05) is 0 Å². The Morgan fingerprint density at radius 3 is 2.26 bits per heavy atom. The standard InChI is InChI=1S/C19H26F2O2/c1-2-3-4-5-13-6-8-14(9-7-13)15-10-17(20)16(12-19(22)23)18(21)11-15/h10-11,13-14H,2-9,12H2,1H3,(H,22,23)/t13-,14-. The van der Waals surface area contributed by atoms with E-state index in [9.17, 15) is 13.6 Å². The summed E-state index contributed by atoms with van der Waals surface area (Å²) in [5.41, 5.74) is 0.343. The van der Waals surface area contributed by atoms with Crippen molar-refractivity contribution in [1.29, 1.82) is 0 Å². The van der Waals surface area contributed by atoms with Crippen molar-refractivity contribution in [2.75, 3.05) is 0 Å². The molecule has 0 atom stereocenters. The quantitative estimate of drug-likeness (QED) is 0.678. The van der Waals surface area contributed by atoms with Gasteiger partial charge >= 0.3 is 5.97 Å². The molecule has 0 amide bonds. The van der Waals surface area contributed by atoms with Crippen molar-refractivity contribution in [3.05, 3.63) is 34.9 Å². The Bertz CT molecular complexity index is 511. The Hall–Kier alpha value is -1.45. The lowest BCUT2D eigenvalue weighted by atomic mass is 9.77. The fraction of sp³-hybridized carbons (Fsp3) is 0.632. The number of aliphatic carboxylic acids is 1. The lowest BCUT2D eigenvalue weighted by Crippen LogP contribution is -2.14. The fourth-order valence-corrected chi connectivity index (χ4v) is 3.65. The Balaban J connectivity index is 1.97. The van der Waals surface area contributed by atoms with Gasteiger partial charge in [0, 0.05) is 5.56 Å². The van der Waals surface area contributed by atoms with Crippen LogP contribution in [0.2, 0.25) is 0 Å². The summed E-state index contributed by atoms with van der Waals surface area (Å²) < 4.78 is 28.0. The summed E-state index contributed by atoms with van der Waals surface area (Å²) in [6, 6.07) is 2.67. The zero-order valence-electron chi connectivity index (χ0n) is 13.8.